The van der Waals surface area contributed by atoms with Crippen LogP contribution in [0.3, 0.4) is 0 Å². The van der Waals surface area contributed by atoms with Gasteiger partial charge in [-0.05, 0) is 31.2 Å². The van der Waals surface area contributed by atoms with E-state index in [1.54, 1.807) is 11.3 Å². The molecule has 0 aliphatic heterocycles. The SMILES string of the molecule is CN(CCNCc1ccc(Cl)s1)CCc1ccccc1. The number of hydrogen-bond donors (Lipinski definition) is 1. The minimum absolute atomic E-state index is 0.863. The number of likely N-dealkylation sites (N-methyl/N-ethyl adjacent to an activating group) is 1. The summed E-state index contributed by atoms with van der Waals surface area (Å²) >= 11 is 7.55. The first kappa shape index (κ1) is 15.5. The van der Waals surface area contributed by atoms with Crippen LogP contribution in [0.2, 0.25) is 4.34 Å². The highest BCUT2D eigenvalue weighted by molar-refractivity contribution is 7.16. The van der Waals surface area contributed by atoms with Crippen LogP contribution in [-0.2, 0) is 13.0 Å². The Bertz CT molecular complexity index is 498. The Labute approximate surface area is 130 Å². The lowest BCUT2D eigenvalue weighted by atomic mass is 10.1. The van der Waals surface area contributed by atoms with Gasteiger partial charge in [-0.15, -0.1) is 11.3 Å². The topological polar surface area (TPSA) is 15.3 Å². The van der Waals surface area contributed by atoms with Crippen LogP contribution >= 0.6 is 22.9 Å². The van der Waals surface area contributed by atoms with Crippen LogP contribution in [0.4, 0.5) is 0 Å². The van der Waals surface area contributed by atoms with Crippen molar-refractivity contribution in [2.24, 2.45) is 0 Å². The van der Waals surface area contributed by atoms with Crippen molar-refractivity contribution >= 4 is 22.9 Å². The fourth-order valence-electron chi connectivity index (χ4n) is 2.00. The molecule has 108 valence electrons. The monoisotopic (exact) mass is 308 g/mol. The van der Waals surface area contributed by atoms with Crippen molar-refractivity contribution < 1.29 is 0 Å². The quantitative estimate of drug-likeness (QED) is 0.749. The predicted octanol–water partition coefficient (Wildman–Crippen LogP) is 3.67. The molecule has 4 heteroatoms. The Morgan fingerprint density at radius 2 is 1.90 bits per heavy atom. The van der Waals surface area contributed by atoms with Gasteiger partial charge in [-0.1, -0.05) is 41.9 Å². The van der Waals surface area contributed by atoms with Gasteiger partial charge in [0.15, 0.2) is 0 Å². The maximum atomic E-state index is 5.91. The molecule has 0 saturated heterocycles. The molecule has 2 nitrogen and oxygen atoms in total. The molecule has 0 amide bonds. The summed E-state index contributed by atoms with van der Waals surface area (Å²) in [5, 5.41) is 3.45. The van der Waals surface area contributed by atoms with Crippen molar-refractivity contribution in [3.05, 3.63) is 57.2 Å². The third kappa shape index (κ3) is 5.63. The first-order valence-electron chi connectivity index (χ1n) is 6.91. The Kier molecular flexibility index (Phi) is 6.54. The van der Waals surface area contributed by atoms with Crippen molar-refractivity contribution in [2.75, 3.05) is 26.7 Å². The van der Waals surface area contributed by atoms with Gasteiger partial charge >= 0.3 is 0 Å². The average molecular weight is 309 g/mol. The Morgan fingerprint density at radius 3 is 2.60 bits per heavy atom. The Morgan fingerprint density at radius 1 is 1.10 bits per heavy atom. The summed E-state index contributed by atoms with van der Waals surface area (Å²) in [4.78, 5) is 3.66. The highest BCUT2D eigenvalue weighted by Crippen LogP contribution is 2.20. The minimum Gasteiger partial charge on any atom is -0.311 e. The molecule has 0 radical (unpaired) electrons. The number of hydrogen-bond acceptors (Lipinski definition) is 3. The second-order valence-electron chi connectivity index (χ2n) is 4.92. The molecule has 1 heterocycles. The molecule has 0 bridgehead atoms. The summed E-state index contributed by atoms with van der Waals surface area (Å²) in [7, 11) is 2.17. The van der Waals surface area contributed by atoms with E-state index in [1.165, 1.54) is 10.4 Å². The summed E-state index contributed by atoms with van der Waals surface area (Å²) < 4.78 is 0.863. The molecule has 0 atom stereocenters. The van der Waals surface area contributed by atoms with E-state index < -0.39 is 0 Å². The van der Waals surface area contributed by atoms with E-state index in [4.69, 9.17) is 11.6 Å². The van der Waals surface area contributed by atoms with Crippen molar-refractivity contribution in [3.8, 4) is 0 Å². The third-order valence-corrected chi connectivity index (χ3v) is 4.45. The van der Waals surface area contributed by atoms with Gasteiger partial charge in [-0.2, -0.15) is 0 Å². The first-order valence-corrected chi connectivity index (χ1v) is 8.11. The Balaban J connectivity index is 1.57. The largest absolute Gasteiger partial charge is 0.311 e. The summed E-state index contributed by atoms with van der Waals surface area (Å²) in [6, 6.07) is 14.7. The highest BCUT2D eigenvalue weighted by Gasteiger charge is 2.00. The number of nitrogens with one attached hydrogen (secondary N) is 1. The van der Waals surface area contributed by atoms with Gasteiger partial charge < -0.3 is 10.2 Å². The van der Waals surface area contributed by atoms with Gasteiger partial charge in [-0.3, -0.25) is 0 Å². The molecule has 0 spiro atoms. The summed E-state index contributed by atoms with van der Waals surface area (Å²) in [6.07, 6.45) is 1.11. The van der Waals surface area contributed by atoms with E-state index in [0.717, 1.165) is 36.9 Å². The van der Waals surface area contributed by atoms with Crippen LogP contribution in [0.15, 0.2) is 42.5 Å². The normalized spacial score (nSPS) is 11.2. The summed E-state index contributed by atoms with van der Waals surface area (Å²) in [5.74, 6) is 0. The van der Waals surface area contributed by atoms with Crippen LogP contribution in [0.25, 0.3) is 0 Å². The molecule has 1 aromatic carbocycles. The second kappa shape index (κ2) is 8.42. The molecule has 0 aliphatic carbocycles. The first-order chi connectivity index (χ1) is 9.74. The van der Waals surface area contributed by atoms with Crippen molar-refractivity contribution in [3.63, 3.8) is 0 Å². The lowest BCUT2D eigenvalue weighted by Gasteiger charge is -2.16. The van der Waals surface area contributed by atoms with E-state index in [9.17, 15) is 0 Å². The van der Waals surface area contributed by atoms with Gasteiger partial charge in [-0.25, -0.2) is 0 Å². The number of thiophene rings is 1. The van der Waals surface area contributed by atoms with Crippen molar-refractivity contribution in [1.29, 1.82) is 0 Å². The lowest BCUT2D eigenvalue weighted by molar-refractivity contribution is 0.335. The molecule has 0 unspecified atom stereocenters. The van der Waals surface area contributed by atoms with Crippen LogP contribution in [0.5, 0.6) is 0 Å². The predicted molar refractivity (Wildman–Crippen MR) is 88.7 cm³/mol. The number of halogens is 1. The highest BCUT2D eigenvalue weighted by atomic mass is 35.5. The van der Waals surface area contributed by atoms with E-state index in [-0.39, 0.29) is 0 Å². The zero-order valence-corrected chi connectivity index (χ0v) is 13.4. The number of nitrogens with zero attached hydrogens (tertiary/aromatic N) is 1. The van der Waals surface area contributed by atoms with Crippen LogP contribution in [0, 0.1) is 0 Å². The third-order valence-electron chi connectivity index (χ3n) is 3.22. The maximum Gasteiger partial charge on any atom is 0.0931 e. The molecule has 2 aromatic rings. The zero-order chi connectivity index (χ0) is 14.2. The lowest BCUT2D eigenvalue weighted by Crippen LogP contribution is -2.30. The molecule has 20 heavy (non-hydrogen) atoms. The van der Waals surface area contributed by atoms with Gasteiger partial charge in [0, 0.05) is 31.1 Å². The minimum atomic E-state index is 0.863. The maximum absolute atomic E-state index is 5.91. The molecule has 1 aromatic heterocycles. The van der Waals surface area contributed by atoms with E-state index in [0.29, 0.717) is 0 Å². The van der Waals surface area contributed by atoms with Crippen molar-refractivity contribution in [1.82, 2.24) is 10.2 Å². The van der Waals surface area contributed by atoms with Gasteiger partial charge in [0.05, 0.1) is 4.34 Å². The summed E-state index contributed by atoms with van der Waals surface area (Å²) in [6.45, 7) is 4.06. The molecule has 2 rings (SSSR count). The van der Waals surface area contributed by atoms with Gasteiger partial charge in [0.2, 0.25) is 0 Å². The standard InChI is InChI=1S/C16H21ClN2S/c1-19(11-9-14-5-3-2-4-6-14)12-10-18-13-15-7-8-16(17)20-15/h2-8,18H,9-13H2,1H3. The summed E-state index contributed by atoms with van der Waals surface area (Å²) in [5.41, 5.74) is 1.40. The van der Waals surface area contributed by atoms with Crippen molar-refractivity contribution in [2.45, 2.75) is 13.0 Å². The second-order valence-corrected chi connectivity index (χ2v) is 6.72. The molecule has 0 fully saturated rings. The molecule has 1 N–H and O–H groups in total. The fourth-order valence-corrected chi connectivity index (χ4v) is 3.06. The molecule has 0 aliphatic rings. The molecule has 0 saturated carbocycles. The number of rotatable bonds is 8. The average Bonchev–Trinajstić information content (AvgIpc) is 2.88. The molecular weight excluding hydrogens is 288 g/mol. The van der Waals surface area contributed by atoms with E-state index >= 15 is 0 Å². The molecular formula is C16H21ClN2S. The smallest absolute Gasteiger partial charge is 0.0931 e. The van der Waals surface area contributed by atoms with Crippen LogP contribution in [-0.4, -0.2) is 31.6 Å². The zero-order valence-electron chi connectivity index (χ0n) is 11.8. The van der Waals surface area contributed by atoms with Crippen LogP contribution in [0.1, 0.15) is 10.4 Å². The van der Waals surface area contributed by atoms with E-state index in [2.05, 4.69) is 53.7 Å². The van der Waals surface area contributed by atoms with Gasteiger partial charge in [0.25, 0.3) is 0 Å². The van der Waals surface area contributed by atoms with Crippen LogP contribution < -0.4 is 5.32 Å². The van der Waals surface area contributed by atoms with E-state index in [1.807, 2.05) is 6.07 Å². The number of benzene rings is 1. The fraction of sp³-hybridized carbons (Fsp3) is 0.375. The Hall–Kier alpha value is -0.870. The van der Waals surface area contributed by atoms with Gasteiger partial charge in [0.1, 0.15) is 0 Å².